The molecule has 3 aromatic rings. The third-order valence-electron chi connectivity index (χ3n) is 3.81. The number of halogens is 1. The number of amides is 2. The van der Waals surface area contributed by atoms with Crippen molar-refractivity contribution in [3.8, 4) is 0 Å². The molecule has 8 heteroatoms. The molecule has 0 radical (unpaired) electrons. The highest BCUT2D eigenvalue weighted by Gasteiger charge is 2.18. The van der Waals surface area contributed by atoms with Gasteiger partial charge in [-0.3, -0.25) is 9.59 Å². The number of benzene rings is 2. The molecule has 28 heavy (non-hydrogen) atoms. The van der Waals surface area contributed by atoms with Gasteiger partial charge in [-0.2, -0.15) is 0 Å². The van der Waals surface area contributed by atoms with E-state index in [1.807, 2.05) is 17.5 Å². The number of hydrogen-bond acceptors (Lipinski definition) is 5. The van der Waals surface area contributed by atoms with Gasteiger partial charge >= 0.3 is 0 Å². The van der Waals surface area contributed by atoms with Gasteiger partial charge in [0.1, 0.15) is 5.82 Å². The van der Waals surface area contributed by atoms with Gasteiger partial charge < -0.3 is 10.2 Å². The Kier molecular flexibility index (Phi) is 6.78. The molecule has 2 amide bonds. The number of rotatable bonds is 7. The van der Waals surface area contributed by atoms with Crippen LogP contribution >= 0.6 is 23.1 Å². The van der Waals surface area contributed by atoms with Crippen molar-refractivity contribution >= 4 is 40.6 Å². The zero-order valence-corrected chi connectivity index (χ0v) is 16.7. The summed E-state index contributed by atoms with van der Waals surface area (Å²) in [6.45, 7) is -0.138. The molecule has 0 aliphatic carbocycles. The van der Waals surface area contributed by atoms with Crippen LogP contribution in [0.5, 0.6) is 0 Å². The number of carbonyl (C=O) groups excluding carboxylic acids is 2. The van der Waals surface area contributed by atoms with Crippen LogP contribution in [0.3, 0.4) is 0 Å². The number of thioether (sulfide) groups is 1. The molecule has 0 saturated carbocycles. The summed E-state index contributed by atoms with van der Waals surface area (Å²) in [5.74, 6) is -0.421. The lowest BCUT2D eigenvalue weighted by atomic mass is 10.2. The molecular formula is C20H18FN3O2S2. The summed E-state index contributed by atoms with van der Waals surface area (Å²) in [5.41, 5.74) is 3.62. The highest BCUT2D eigenvalue weighted by molar-refractivity contribution is 7.98. The summed E-state index contributed by atoms with van der Waals surface area (Å²) in [6, 6.07) is 12.9. The Balaban J connectivity index is 1.63. The van der Waals surface area contributed by atoms with Crippen LogP contribution in [-0.4, -0.2) is 35.3 Å². The summed E-state index contributed by atoms with van der Waals surface area (Å²) < 4.78 is 13.2. The van der Waals surface area contributed by atoms with E-state index in [2.05, 4.69) is 10.3 Å². The third kappa shape index (κ3) is 5.40. The predicted octanol–water partition coefficient (Wildman–Crippen LogP) is 4.29. The smallest absolute Gasteiger partial charge is 0.255 e. The van der Waals surface area contributed by atoms with E-state index in [1.54, 1.807) is 30.8 Å². The van der Waals surface area contributed by atoms with E-state index in [9.17, 15) is 14.0 Å². The standard InChI is InChI=1S/C20H18FN3O2S2/c1-24(10-19(25)23-15-6-4-5-14(21)9-15)20(26)17-7-2-3-8-18(17)28-12-16-11-27-13-22-16/h2-9,11,13H,10,12H2,1H3,(H,23,25). The van der Waals surface area contributed by atoms with Crippen molar-refractivity contribution in [2.75, 3.05) is 18.9 Å². The number of likely N-dealkylation sites (N-methyl/N-ethyl adjacent to an activating group) is 1. The van der Waals surface area contributed by atoms with Gasteiger partial charge in [-0.25, -0.2) is 9.37 Å². The molecule has 2 aromatic carbocycles. The first-order valence-corrected chi connectivity index (χ1v) is 10.4. The summed E-state index contributed by atoms with van der Waals surface area (Å²) in [7, 11) is 1.56. The van der Waals surface area contributed by atoms with Gasteiger partial charge in [0.25, 0.3) is 5.91 Å². The number of nitrogens with one attached hydrogen (secondary N) is 1. The van der Waals surface area contributed by atoms with Crippen molar-refractivity contribution in [1.82, 2.24) is 9.88 Å². The van der Waals surface area contributed by atoms with Crippen LogP contribution in [0, 0.1) is 5.82 Å². The number of carbonyl (C=O) groups is 2. The Bertz CT molecular complexity index is 964. The van der Waals surface area contributed by atoms with E-state index in [1.165, 1.54) is 46.2 Å². The Hall–Kier alpha value is -2.71. The van der Waals surface area contributed by atoms with E-state index in [-0.39, 0.29) is 12.5 Å². The molecule has 0 spiro atoms. The minimum Gasteiger partial charge on any atom is -0.332 e. The Morgan fingerprint density at radius 3 is 2.79 bits per heavy atom. The Morgan fingerprint density at radius 2 is 2.04 bits per heavy atom. The third-order valence-corrected chi connectivity index (χ3v) is 5.55. The largest absolute Gasteiger partial charge is 0.332 e. The number of anilines is 1. The Morgan fingerprint density at radius 1 is 1.21 bits per heavy atom. The second-order valence-corrected chi connectivity index (χ2v) is 7.72. The van der Waals surface area contributed by atoms with Crippen molar-refractivity contribution in [3.63, 3.8) is 0 Å². The molecule has 1 N–H and O–H groups in total. The second kappa shape index (κ2) is 9.48. The lowest BCUT2D eigenvalue weighted by Crippen LogP contribution is -2.35. The maximum absolute atomic E-state index is 13.2. The lowest BCUT2D eigenvalue weighted by Gasteiger charge is -2.18. The van der Waals surface area contributed by atoms with Crippen LogP contribution < -0.4 is 5.32 Å². The fraction of sp³-hybridized carbons (Fsp3) is 0.150. The van der Waals surface area contributed by atoms with E-state index < -0.39 is 11.7 Å². The molecule has 1 aromatic heterocycles. The maximum Gasteiger partial charge on any atom is 0.255 e. The number of thiazole rings is 1. The summed E-state index contributed by atoms with van der Waals surface area (Å²) in [4.78, 5) is 31.4. The van der Waals surface area contributed by atoms with Gasteiger partial charge in [0.2, 0.25) is 5.91 Å². The minimum atomic E-state index is -0.437. The lowest BCUT2D eigenvalue weighted by molar-refractivity contribution is -0.116. The molecular weight excluding hydrogens is 397 g/mol. The fourth-order valence-corrected chi connectivity index (χ4v) is 4.10. The zero-order valence-electron chi connectivity index (χ0n) is 15.1. The van der Waals surface area contributed by atoms with Crippen LogP contribution in [0.25, 0.3) is 0 Å². The first kappa shape index (κ1) is 20.0. The molecule has 0 unspecified atom stereocenters. The quantitative estimate of drug-likeness (QED) is 0.585. The first-order valence-electron chi connectivity index (χ1n) is 8.42. The van der Waals surface area contributed by atoms with Crippen LogP contribution in [-0.2, 0) is 10.5 Å². The summed E-state index contributed by atoms with van der Waals surface area (Å²) in [6.07, 6.45) is 0. The predicted molar refractivity (Wildman–Crippen MR) is 110 cm³/mol. The van der Waals surface area contributed by atoms with Gasteiger partial charge in [0.15, 0.2) is 0 Å². The van der Waals surface area contributed by atoms with Crippen molar-refractivity contribution in [1.29, 1.82) is 0 Å². The van der Waals surface area contributed by atoms with Gasteiger partial charge in [-0.15, -0.1) is 23.1 Å². The maximum atomic E-state index is 13.2. The highest BCUT2D eigenvalue weighted by atomic mass is 32.2. The number of aromatic nitrogens is 1. The first-order chi connectivity index (χ1) is 13.5. The number of nitrogens with zero attached hydrogens (tertiary/aromatic N) is 2. The summed E-state index contributed by atoms with van der Waals surface area (Å²) in [5, 5.41) is 4.57. The van der Waals surface area contributed by atoms with Crippen molar-refractivity contribution < 1.29 is 14.0 Å². The normalized spacial score (nSPS) is 10.5. The molecule has 0 aliphatic rings. The van der Waals surface area contributed by atoms with E-state index in [4.69, 9.17) is 0 Å². The van der Waals surface area contributed by atoms with Crippen molar-refractivity contribution in [3.05, 3.63) is 76.5 Å². The van der Waals surface area contributed by atoms with Gasteiger partial charge in [-0.05, 0) is 30.3 Å². The second-order valence-electron chi connectivity index (χ2n) is 5.98. The van der Waals surface area contributed by atoms with Crippen LogP contribution in [0.2, 0.25) is 0 Å². The molecule has 0 fully saturated rings. The highest BCUT2D eigenvalue weighted by Crippen LogP contribution is 2.27. The van der Waals surface area contributed by atoms with Crippen molar-refractivity contribution in [2.45, 2.75) is 10.6 Å². The SMILES string of the molecule is CN(CC(=O)Nc1cccc(F)c1)C(=O)c1ccccc1SCc1cscn1. The van der Waals surface area contributed by atoms with Crippen LogP contribution in [0.1, 0.15) is 16.1 Å². The van der Waals surface area contributed by atoms with E-state index >= 15 is 0 Å². The van der Waals surface area contributed by atoms with Crippen LogP contribution in [0.15, 0.2) is 64.3 Å². The van der Waals surface area contributed by atoms with E-state index in [0.717, 1.165) is 10.6 Å². The molecule has 3 rings (SSSR count). The molecule has 0 atom stereocenters. The van der Waals surface area contributed by atoms with Crippen molar-refractivity contribution in [2.24, 2.45) is 0 Å². The molecule has 5 nitrogen and oxygen atoms in total. The monoisotopic (exact) mass is 415 g/mol. The van der Waals surface area contributed by atoms with Crippen LogP contribution in [0.4, 0.5) is 10.1 Å². The van der Waals surface area contributed by atoms with E-state index in [0.29, 0.717) is 17.0 Å². The van der Waals surface area contributed by atoms with Gasteiger partial charge in [0.05, 0.1) is 23.3 Å². The minimum absolute atomic E-state index is 0.138. The van der Waals surface area contributed by atoms with Gasteiger partial charge in [0, 0.05) is 28.8 Å². The average molecular weight is 416 g/mol. The zero-order chi connectivity index (χ0) is 19.9. The molecule has 1 heterocycles. The van der Waals surface area contributed by atoms with Gasteiger partial charge in [-0.1, -0.05) is 18.2 Å². The molecule has 0 bridgehead atoms. The molecule has 144 valence electrons. The topological polar surface area (TPSA) is 62.3 Å². The molecule has 0 aliphatic heterocycles. The number of hydrogen-bond donors (Lipinski definition) is 1. The molecule has 0 saturated heterocycles. The fourth-order valence-electron chi connectivity index (χ4n) is 2.49. The summed E-state index contributed by atoms with van der Waals surface area (Å²) >= 11 is 3.06. The average Bonchev–Trinajstić information content (AvgIpc) is 3.19. The Labute approximate surface area is 170 Å².